The van der Waals surface area contributed by atoms with E-state index >= 15 is 0 Å². The van der Waals surface area contributed by atoms with Gasteiger partial charge in [0.2, 0.25) is 5.91 Å². The van der Waals surface area contributed by atoms with Crippen molar-refractivity contribution in [3.8, 4) is 0 Å². The number of hydrogen-bond acceptors (Lipinski definition) is 3. The van der Waals surface area contributed by atoms with E-state index in [1.54, 1.807) is 0 Å². The molecule has 1 rings (SSSR count). The Bertz CT molecular complexity index is 598. The Balaban J connectivity index is 2.70. The van der Waals surface area contributed by atoms with Gasteiger partial charge in [-0.15, -0.1) is 0 Å². The Morgan fingerprint density at radius 2 is 1.96 bits per heavy atom. The highest BCUT2D eigenvalue weighted by Gasteiger charge is 2.11. The zero-order valence-electron chi connectivity index (χ0n) is 17.9. The maximum atomic E-state index is 12.1. The van der Waals surface area contributed by atoms with Gasteiger partial charge < -0.3 is 21.1 Å². The van der Waals surface area contributed by atoms with Gasteiger partial charge in [0.15, 0.2) is 5.96 Å². The fourth-order valence-corrected chi connectivity index (χ4v) is 2.89. The van der Waals surface area contributed by atoms with Crippen LogP contribution in [0.25, 0.3) is 0 Å². The average molecular weight is 391 g/mol. The molecule has 6 nitrogen and oxygen atoms in total. The summed E-state index contributed by atoms with van der Waals surface area (Å²) < 4.78 is 0. The van der Waals surface area contributed by atoms with Gasteiger partial charge in [-0.05, 0) is 49.8 Å². The molecule has 0 saturated carbocycles. The monoisotopic (exact) mass is 390 g/mol. The van der Waals surface area contributed by atoms with Crippen molar-refractivity contribution in [3.63, 3.8) is 0 Å². The van der Waals surface area contributed by atoms with Crippen LogP contribution in [0.2, 0.25) is 0 Å². The Morgan fingerprint density at radius 1 is 1.18 bits per heavy atom. The minimum atomic E-state index is 0.00113. The van der Waals surface area contributed by atoms with E-state index in [9.17, 15) is 9.90 Å². The fourth-order valence-electron chi connectivity index (χ4n) is 2.89. The normalized spacial score (nSPS) is 13.7. The van der Waals surface area contributed by atoms with Gasteiger partial charge in [0, 0.05) is 31.3 Å². The molecule has 28 heavy (non-hydrogen) atoms. The van der Waals surface area contributed by atoms with Crippen LogP contribution in [0.3, 0.4) is 0 Å². The summed E-state index contributed by atoms with van der Waals surface area (Å²) >= 11 is 0. The molecule has 0 radical (unpaired) electrons. The van der Waals surface area contributed by atoms with Crippen molar-refractivity contribution in [1.82, 2.24) is 10.6 Å². The van der Waals surface area contributed by atoms with Gasteiger partial charge in [-0.25, -0.2) is 4.99 Å². The van der Waals surface area contributed by atoms with Gasteiger partial charge in [-0.1, -0.05) is 39.3 Å². The summed E-state index contributed by atoms with van der Waals surface area (Å²) in [7, 11) is 0. The van der Waals surface area contributed by atoms with Crippen molar-refractivity contribution in [1.29, 1.82) is 0 Å². The zero-order valence-corrected chi connectivity index (χ0v) is 17.9. The molecule has 1 aromatic rings. The fraction of sp³-hybridized carbons (Fsp3) is 0.636. The maximum absolute atomic E-state index is 12.1. The molecule has 0 saturated heterocycles. The first kappa shape index (κ1) is 24.0. The third-order valence-electron chi connectivity index (χ3n) is 4.81. The quantitative estimate of drug-likeness (QED) is 0.325. The molecular formula is C22H38N4O2. The number of nitrogens with zero attached hydrogens (tertiary/aromatic N) is 1. The molecule has 158 valence electrons. The third kappa shape index (κ3) is 9.22. The van der Waals surface area contributed by atoms with Crippen LogP contribution in [0.5, 0.6) is 0 Å². The van der Waals surface area contributed by atoms with Gasteiger partial charge in [0.25, 0.3) is 0 Å². The van der Waals surface area contributed by atoms with Crippen molar-refractivity contribution in [2.45, 2.75) is 59.9 Å². The molecule has 1 amide bonds. The molecule has 0 bridgehead atoms. The van der Waals surface area contributed by atoms with Crippen molar-refractivity contribution in [3.05, 3.63) is 29.8 Å². The first-order chi connectivity index (χ1) is 13.5. The number of aliphatic hydroxyl groups excluding tert-OH is 1. The number of aliphatic hydroxyl groups is 1. The van der Waals surface area contributed by atoms with E-state index < -0.39 is 0 Å². The highest BCUT2D eigenvalue weighted by molar-refractivity contribution is 5.92. The first-order valence-electron chi connectivity index (χ1n) is 10.6. The zero-order chi connectivity index (χ0) is 20.8. The highest BCUT2D eigenvalue weighted by Crippen LogP contribution is 2.14. The van der Waals surface area contributed by atoms with Gasteiger partial charge >= 0.3 is 0 Å². The number of hydrogen-bond donors (Lipinski definition) is 4. The molecule has 0 aliphatic rings. The molecule has 0 aromatic heterocycles. The van der Waals surface area contributed by atoms with Gasteiger partial charge in [0.05, 0.1) is 6.54 Å². The van der Waals surface area contributed by atoms with Crippen LogP contribution in [0.4, 0.5) is 5.69 Å². The number of rotatable bonds is 12. The number of guanidine groups is 1. The lowest BCUT2D eigenvalue weighted by atomic mass is 10.0. The summed E-state index contributed by atoms with van der Waals surface area (Å²) in [5, 5.41) is 18.8. The number of carbonyl (C=O) groups is 1. The van der Waals surface area contributed by atoms with Crippen molar-refractivity contribution in [2.24, 2.45) is 16.8 Å². The van der Waals surface area contributed by atoms with E-state index in [0.29, 0.717) is 12.5 Å². The Hall–Kier alpha value is -2.08. The van der Waals surface area contributed by atoms with Crippen LogP contribution < -0.4 is 16.0 Å². The Morgan fingerprint density at radius 3 is 2.61 bits per heavy atom. The van der Waals surface area contributed by atoms with Crippen LogP contribution >= 0.6 is 0 Å². The molecule has 6 heteroatoms. The summed E-state index contributed by atoms with van der Waals surface area (Å²) in [6.45, 7) is 10.5. The number of amides is 1. The predicted octanol–water partition coefficient (Wildman–Crippen LogP) is 3.53. The van der Waals surface area contributed by atoms with Crippen LogP contribution in [0, 0.1) is 11.8 Å². The van der Waals surface area contributed by atoms with E-state index in [0.717, 1.165) is 56.0 Å². The van der Waals surface area contributed by atoms with E-state index in [1.165, 1.54) is 0 Å². The Kier molecular flexibility index (Phi) is 12.0. The molecule has 0 aliphatic carbocycles. The van der Waals surface area contributed by atoms with Gasteiger partial charge in [-0.3, -0.25) is 4.79 Å². The molecule has 0 aliphatic heterocycles. The average Bonchev–Trinajstić information content (AvgIpc) is 2.69. The third-order valence-corrected chi connectivity index (χ3v) is 4.81. The lowest BCUT2D eigenvalue weighted by molar-refractivity contribution is -0.119. The number of carbonyl (C=O) groups excluding carboxylic acids is 1. The minimum Gasteiger partial charge on any atom is -0.396 e. The van der Waals surface area contributed by atoms with E-state index in [-0.39, 0.29) is 18.4 Å². The van der Waals surface area contributed by atoms with Crippen molar-refractivity contribution in [2.75, 3.05) is 25.0 Å². The molecule has 1 aromatic carbocycles. The lowest BCUT2D eigenvalue weighted by Crippen LogP contribution is -2.40. The second-order valence-electron chi connectivity index (χ2n) is 7.24. The molecule has 0 spiro atoms. The Labute approximate surface area is 170 Å². The summed E-state index contributed by atoms with van der Waals surface area (Å²) in [5.41, 5.74) is 1.85. The maximum Gasteiger partial charge on any atom is 0.227 e. The summed E-state index contributed by atoms with van der Waals surface area (Å²) in [5.74, 6) is 1.26. The number of benzene rings is 1. The predicted molar refractivity (Wildman–Crippen MR) is 117 cm³/mol. The van der Waals surface area contributed by atoms with Crippen LogP contribution in [-0.4, -0.2) is 36.7 Å². The van der Waals surface area contributed by atoms with Gasteiger partial charge in [-0.2, -0.15) is 0 Å². The topological polar surface area (TPSA) is 85.8 Å². The number of aliphatic imine (C=N–C) groups is 1. The highest BCUT2D eigenvalue weighted by atomic mass is 16.3. The standard InChI is InChI=1S/C22H38N4O2/c1-5-9-18(12-13-27)15-24-22(23-7-3)25-16-19-10-8-11-20(14-19)26-21(28)17(4)6-2/h8,10-11,14,17-18,27H,5-7,9,12-13,15-16H2,1-4H3,(H,26,28)(H2,23,24,25). The van der Waals surface area contributed by atoms with E-state index in [4.69, 9.17) is 0 Å². The largest absolute Gasteiger partial charge is 0.396 e. The van der Waals surface area contributed by atoms with E-state index in [1.807, 2.05) is 45.0 Å². The van der Waals surface area contributed by atoms with Crippen LogP contribution in [0.1, 0.15) is 58.9 Å². The summed E-state index contributed by atoms with van der Waals surface area (Å²) in [6, 6.07) is 7.83. The molecule has 2 atom stereocenters. The molecule has 4 N–H and O–H groups in total. The summed E-state index contributed by atoms with van der Waals surface area (Å²) in [6.07, 6.45) is 3.82. The van der Waals surface area contributed by atoms with E-state index in [2.05, 4.69) is 27.9 Å². The molecule has 0 fully saturated rings. The number of anilines is 1. The SMILES string of the molecule is CCCC(CCO)CNC(=NCc1cccc(NC(=O)C(C)CC)c1)NCC. The van der Waals surface area contributed by atoms with Crippen LogP contribution in [-0.2, 0) is 11.3 Å². The minimum absolute atomic E-state index is 0.00113. The lowest BCUT2D eigenvalue weighted by Gasteiger charge is -2.18. The molecule has 0 heterocycles. The van der Waals surface area contributed by atoms with Crippen molar-refractivity contribution >= 4 is 17.6 Å². The molecule has 2 unspecified atom stereocenters. The summed E-state index contributed by atoms with van der Waals surface area (Å²) in [4.78, 5) is 16.8. The second-order valence-corrected chi connectivity index (χ2v) is 7.24. The molecular weight excluding hydrogens is 352 g/mol. The van der Waals surface area contributed by atoms with Crippen molar-refractivity contribution < 1.29 is 9.90 Å². The number of nitrogens with one attached hydrogen (secondary N) is 3. The first-order valence-corrected chi connectivity index (χ1v) is 10.6. The van der Waals surface area contributed by atoms with Crippen LogP contribution in [0.15, 0.2) is 29.3 Å². The second kappa shape index (κ2) is 14.0. The van der Waals surface area contributed by atoms with Gasteiger partial charge in [0.1, 0.15) is 0 Å². The smallest absolute Gasteiger partial charge is 0.227 e.